The van der Waals surface area contributed by atoms with Crippen LogP contribution in [0.25, 0.3) is 0 Å². The molecule has 16 heavy (non-hydrogen) atoms. The third-order valence-electron chi connectivity index (χ3n) is 3.11. The molecular formula is C13H28O3. The van der Waals surface area contributed by atoms with E-state index in [1.54, 1.807) is 0 Å². The van der Waals surface area contributed by atoms with Gasteiger partial charge in [-0.15, -0.1) is 0 Å². The van der Waals surface area contributed by atoms with Crippen LogP contribution in [0.4, 0.5) is 0 Å². The van der Waals surface area contributed by atoms with E-state index in [4.69, 9.17) is 14.6 Å². The van der Waals surface area contributed by atoms with Crippen molar-refractivity contribution >= 4 is 0 Å². The monoisotopic (exact) mass is 232 g/mol. The maximum Gasteiger partial charge on any atom is 0.0704 e. The van der Waals surface area contributed by atoms with Crippen molar-refractivity contribution in [2.45, 2.75) is 53.1 Å². The first-order valence-electron chi connectivity index (χ1n) is 6.34. The van der Waals surface area contributed by atoms with Gasteiger partial charge >= 0.3 is 0 Å². The van der Waals surface area contributed by atoms with E-state index in [0.29, 0.717) is 19.8 Å². The molecule has 98 valence electrons. The molecule has 1 N–H and O–H groups in total. The highest BCUT2D eigenvalue weighted by atomic mass is 16.5. The van der Waals surface area contributed by atoms with Crippen LogP contribution in [0.15, 0.2) is 0 Å². The molecule has 0 amide bonds. The molecule has 0 aliphatic rings. The van der Waals surface area contributed by atoms with Crippen molar-refractivity contribution in [1.82, 2.24) is 0 Å². The van der Waals surface area contributed by atoms with Gasteiger partial charge in [0.2, 0.25) is 0 Å². The average molecular weight is 232 g/mol. The molecule has 0 saturated heterocycles. The van der Waals surface area contributed by atoms with Crippen LogP contribution >= 0.6 is 0 Å². The fourth-order valence-corrected chi connectivity index (χ4v) is 1.51. The first kappa shape index (κ1) is 15.9. The van der Waals surface area contributed by atoms with Crippen LogP contribution in [-0.2, 0) is 9.47 Å². The van der Waals surface area contributed by atoms with E-state index in [1.165, 1.54) is 19.3 Å². The van der Waals surface area contributed by atoms with Gasteiger partial charge in [0.15, 0.2) is 0 Å². The molecule has 3 heteroatoms. The van der Waals surface area contributed by atoms with Gasteiger partial charge in [-0.2, -0.15) is 0 Å². The summed E-state index contributed by atoms with van der Waals surface area (Å²) in [6.07, 6.45) is 3.93. The van der Waals surface area contributed by atoms with Gasteiger partial charge in [-0.3, -0.25) is 0 Å². The van der Waals surface area contributed by atoms with Gasteiger partial charge in [-0.1, -0.05) is 33.6 Å². The molecule has 0 aliphatic heterocycles. The molecule has 0 spiro atoms. The van der Waals surface area contributed by atoms with Gasteiger partial charge in [0.1, 0.15) is 0 Å². The zero-order valence-electron chi connectivity index (χ0n) is 11.3. The largest absolute Gasteiger partial charge is 0.394 e. The molecule has 0 aromatic carbocycles. The Labute approximate surface area is 100 Å². The van der Waals surface area contributed by atoms with Gasteiger partial charge in [0, 0.05) is 0 Å². The molecule has 3 nitrogen and oxygen atoms in total. The SMILES string of the molecule is CCCCC(C)(C)C(C)OCCOCCO. The second-order valence-corrected chi connectivity index (χ2v) is 4.94. The van der Waals surface area contributed by atoms with E-state index in [2.05, 4.69) is 27.7 Å². The predicted octanol–water partition coefficient (Wildman–Crippen LogP) is 2.62. The summed E-state index contributed by atoms with van der Waals surface area (Å²) in [7, 11) is 0. The minimum absolute atomic E-state index is 0.0809. The van der Waals surface area contributed by atoms with Gasteiger partial charge < -0.3 is 14.6 Å². The van der Waals surface area contributed by atoms with Crippen LogP contribution in [-0.4, -0.2) is 37.6 Å². The molecular weight excluding hydrogens is 204 g/mol. The number of hydrogen-bond acceptors (Lipinski definition) is 3. The summed E-state index contributed by atoms with van der Waals surface area (Å²) in [5, 5.41) is 8.54. The molecule has 1 unspecified atom stereocenters. The van der Waals surface area contributed by atoms with Crippen LogP contribution in [0.5, 0.6) is 0 Å². The lowest BCUT2D eigenvalue weighted by Crippen LogP contribution is -2.30. The second kappa shape index (κ2) is 8.97. The first-order valence-corrected chi connectivity index (χ1v) is 6.34. The lowest BCUT2D eigenvalue weighted by atomic mass is 9.82. The van der Waals surface area contributed by atoms with Crippen molar-refractivity contribution in [2.75, 3.05) is 26.4 Å². The van der Waals surface area contributed by atoms with Gasteiger partial charge in [-0.25, -0.2) is 0 Å². The Morgan fingerprint density at radius 3 is 2.44 bits per heavy atom. The van der Waals surface area contributed by atoms with Gasteiger partial charge in [-0.05, 0) is 18.8 Å². The summed E-state index contributed by atoms with van der Waals surface area (Å²) in [6.45, 7) is 10.5. The van der Waals surface area contributed by atoms with Crippen molar-refractivity contribution in [1.29, 1.82) is 0 Å². The van der Waals surface area contributed by atoms with Gasteiger partial charge in [0.25, 0.3) is 0 Å². The molecule has 0 bridgehead atoms. The summed E-state index contributed by atoms with van der Waals surface area (Å²) < 4.78 is 10.9. The van der Waals surface area contributed by atoms with Crippen LogP contribution in [0, 0.1) is 5.41 Å². The molecule has 0 aromatic rings. The summed E-state index contributed by atoms with van der Waals surface area (Å²) in [5.74, 6) is 0. The number of unbranched alkanes of at least 4 members (excludes halogenated alkanes) is 1. The van der Waals surface area contributed by atoms with Crippen LogP contribution in [0.1, 0.15) is 47.0 Å². The van der Waals surface area contributed by atoms with E-state index >= 15 is 0 Å². The number of ether oxygens (including phenoxy) is 2. The Balaban J connectivity index is 3.64. The molecule has 0 heterocycles. The minimum atomic E-state index is 0.0809. The van der Waals surface area contributed by atoms with E-state index in [0.717, 1.165) is 0 Å². The summed E-state index contributed by atoms with van der Waals surface area (Å²) in [5.41, 5.74) is 0.229. The first-order chi connectivity index (χ1) is 7.54. The second-order valence-electron chi connectivity index (χ2n) is 4.94. The van der Waals surface area contributed by atoms with Crippen molar-refractivity contribution in [3.05, 3.63) is 0 Å². The molecule has 0 fully saturated rings. The van der Waals surface area contributed by atoms with E-state index < -0.39 is 0 Å². The third kappa shape index (κ3) is 7.20. The Morgan fingerprint density at radius 1 is 1.19 bits per heavy atom. The average Bonchev–Trinajstić information content (AvgIpc) is 2.26. The molecule has 0 aromatic heterocycles. The lowest BCUT2D eigenvalue weighted by Gasteiger charge is -2.31. The fraction of sp³-hybridized carbons (Fsp3) is 1.00. The van der Waals surface area contributed by atoms with Crippen molar-refractivity contribution in [3.63, 3.8) is 0 Å². The van der Waals surface area contributed by atoms with Crippen molar-refractivity contribution in [2.24, 2.45) is 5.41 Å². The Morgan fingerprint density at radius 2 is 1.88 bits per heavy atom. The van der Waals surface area contributed by atoms with Crippen LogP contribution < -0.4 is 0 Å². The quantitative estimate of drug-likeness (QED) is 0.588. The number of aliphatic hydroxyl groups is 1. The van der Waals surface area contributed by atoms with E-state index in [-0.39, 0.29) is 18.1 Å². The van der Waals surface area contributed by atoms with E-state index in [9.17, 15) is 0 Å². The number of rotatable bonds is 10. The standard InChI is InChI=1S/C13H28O3/c1-5-6-7-13(3,4)12(2)16-11-10-15-9-8-14/h12,14H,5-11H2,1-4H3. The highest BCUT2D eigenvalue weighted by Gasteiger charge is 2.25. The Kier molecular flexibility index (Phi) is 8.90. The zero-order valence-corrected chi connectivity index (χ0v) is 11.3. The highest BCUT2D eigenvalue weighted by molar-refractivity contribution is 4.75. The Bertz CT molecular complexity index is 157. The van der Waals surface area contributed by atoms with Gasteiger partial charge in [0.05, 0.1) is 32.5 Å². The predicted molar refractivity (Wildman–Crippen MR) is 66.6 cm³/mol. The van der Waals surface area contributed by atoms with Crippen molar-refractivity contribution in [3.8, 4) is 0 Å². The zero-order chi connectivity index (χ0) is 12.4. The Hall–Kier alpha value is -0.120. The summed E-state index contributed by atoms with van der Waals surface area (Å²) in [4.78, 5) is 0. The molecule has 1 atom stereocenters. The van der Waals surface area contributed by atoms with Crippen molar-refractivity contribution < 1.29 is 14.6 Å². The number of aliphatic hydroxyl groups excluding tert-OH is 1. The smallest absolute Gasteiger partial charge is 0.0704 e. The van der Waals surface area contributed by atoms with E-state index in [1.807, 2.05) is 0 Å². The summed E-state index contributed by atoms with van der Waals surface area (Å²) >= 11 is 0. The molecule has 0 aliphatic carbocycles. The summed E-state index contributed by atoms with van der Waals surface area (Å²) in [6, 6.07) is 0. The molecule has 0 radical (unpaired) electrons. The van der Waals surface area contributed by atoms with Crippen LogP contribution in [0.2, 0.25) is 0 Å². The minimum Gasteiger partial charge on any atom is -0.394 e. The maximum absolute atomic E-state index is 8.54. The van der Waals surface area contributed by atoms with Crippen LogP contribution in [0.3, 0.4) is 0 Å². The third-order valence-corrected chi connectivity index (χ3v) is 3.11. The topological polar surface area (TPSA) is 38.7 Å². The normalized spacial score (nSPS) is 14.1. The maximum atomic E-state index is 8.54. The molecule has 0 saturated carbocycles. The fourth-order valence-electron chi connectivity index (χ4n) is 1.51. The highest BCUT2D eigenvalue weighted by Crippen LogP contribution is 2.29. The number of hydrogen-bond donors (Lipinski definition) is 1. The lowest BCUT2D eigenvalue weighted by molar-refractivity contribution is -0.0453. The molecule has 0 rings (SSSR count).